The van der Waals surface area contributed by atoms with Crippen LogP contribution in [0.15, 0.2) is 24.7 Å². The van der Waals surface area contributed by atoms with E-state index < -0.39 is 0 Å². The van der Waals surface area contributed by atoms with Crippen molar-refractivity contribution in [3.8, 4) is 0 Å². The number of nitrogens with zero attached hydrogens (tertiary/aromatic N) is 5. The zero-order chi connectivity index (χ0) is 12.5. The fourth-order valence-corrected chi connectivity index (χ4v) is 2.44. The number of aromatic nitrogens is 4. The highest BCUT2D eigenvalue weighted by atomic mass is 19.1. The summed E-state index contributed by atoms with van der Waals surface area (Å²) in [6, 6.07) is 3.33. The van der Waals surface area contributed by atoms with Crippen LogP contribution in [0.5, 0.6) is 0 Å². The Bertz CT molecular complexity index is 536. The predicted octanol–water partition coefficient (Wildman–Crippen LogP) is 1.69. The molecular formula is C12H14FN5. The molecule has 18 heavy (non-hydrogen) atoms. The molecule has 0 aliphatic carbocycles. The van der Waals surface area contributed by atoms with Crippen molar-refractivity contribution in [3.05, 3.63) is 36.3 Å². The first-order valence-corrected chi connectivity index (χ1v) is 5.98. The van der Waals surface area contributed by atoms with Gasteiger partial charge in [-0.25, -0.2) is 9.37 Å². The summed E-state index contributed by atoms with van der Waals surface area (Å²) in [5.74, 6) is 1.41. The lowest BCUT2D eigenvalue weighted by molar-refractivity contribution is 0.610. The number of aryl methyl sites for hydroxylation is 1. The van der Waals surface area contributed by atoms with Gasteiger partial charge in [-0.3, -0.25) is 0 Å². The van der Waals surface area contributed by atoms with Crippen LogP contribution in [0.1, 0.15) is 24.7 Å². The van der Waals surface area contributed by atoms with Crippen LogP contribution >= 0.6 is 0 Å². The third-order valence-corrected chi connectivity index (χ3v) is 3.30. The van der Waals surface area contributed by atoms with Crippen molar-refractivity contribution in [1.29, 1.82) is 0 Å². The fraction of sp³-hybridized carbons (Fsp3) is 0.417. The Morgan fingerprint density at radius 2 is 2.28 bits per heavy atom. The van der Waals surface area contributed by atoms with E-state index in [1.165, 1.54) is 12.3 Å². The first-order chi connectivity index (χ1) is 8.75. The summed E-state index contributed by atoms with van der Waals surface area (Å²) in [6.45, 7) is 0.913. The molecule has 0 saturated carbocycles. The van der Waals surface area contributed by atoms with E-state index in [1.807, 2.05) is 11.6 Å². The molecule has 1 fully saturated rings. The molecule has 1 atom stereocenters. The Morgan fingerprint density at radius 3 is 2.94 bits per heavy atom. The van der Waals surface area contributed by atoms with Gasteiger partial charge in [0.2, 0.25) is 0 Å². The molecule has 0 amide bonds. The van der Waals surface area contributed by atoms with Gasteiger partial charge in [-0.15, -0.1) is 10.2 Å². The number of hydrogen-bond acceptors (Lipinski definition) is 4. The Morgan fingerprint density at radius 1 is 1.39 bits per heavy atom. The normalized spacial score (nSPS) is 19.4. The van der Waals surface area contributed by atoms with Crippen molar-refractivity contribution < 1.29 is 4.39 Å². The Balaban J connectivity index is 1.92. The highest BCUT2D eigenvalue weighted by Gasteiger charge is 2.30. The molecule has 0 N–H and O–H groups in total. The van der Waals surface area contributed by atoms with Crippen molar-refractivity contribution in [2.75, 3.05) is 11.4 Å². The highest BCUT2D eigenvalue weighted by Crippen LogP contribution is 2.33. The van der Waals surface area contributed by atoms with Crippen LogP contribution in [-0.2, 0) is 7.05 Å². The maximum absolute atomic E-state index is 12.9. The Labute approximate surface area is 104 Å². The minimum Gasteiger partial charge on any atom is -0.346 e. The second-order valence-corrected chi connectivity index (χ2v) is 4.49. The van der Waals surface area contributed by atoms with Gasteiger partial charge in [-0.1, -0.05) is 0 Å². The molecule has 3 heterocycles. The SMILES string of the molecule is Cn1cnnc1[C@H]1CCCN1c1ccc(F)cn1. The molecular weight excluding hydrogens is 233 g/mol. The maximum Gasteiger partial charge on any atom is 0.155 e. The first kappa shape index (κ1) is 11.1. The predicted molar refractivity (Wildman–Crippen MR) is 64.5 cm³/mol. The zero-order valence-electron chi connectivity index (χ0n) is 10.1. The molecule has 2 aromatic rings. The van der Waals surface area contributed by atoms with Gasteiger partial charge in [0.15, 0.2) is 5.82 Å². The van der Waals surface area contributed by atoms with Crippen molar-refractivity contribution >= 4 is 5.82 Å². The molecule has 94 valence electrons. The number of hydrogen-bond donors (Lipinski definition) is 0. The largest absolute Gasteiger partial charge is 0.346 e. The molecule has 2 aromatic heterocycles. The lowest BCUT2D eigenvalue weighted by Gasteiger charge is -2.24. The molecule has 0 aromatic carbocycles. The number of halogens is 1. The molecule has 0 radical (unpaired) electrons. The Hall–Kier alpha value is -1.98. The van der Waals surface area contributed by atoms with Gasteiger partial charge >= 0.3 is 0 Å². The van der Waals surface area contributed by atoms with Crippen molar-refractivity contribution in [3.63, 3.8) is 0 Å². The van der Waals surface area contributed by atoms with Crippen LogP contribution in [0.25, 0.3) is 0 Å². The third-order valence-electron chi connectivity index (χ3n) is 3.30. The van der Waals surface area contributed by atoms with Gasteiger partial charge in [-0.05, 0) is 25.0 Å². The summed E-state index contributed by atoms with van der Waals surface area (Å²) < 4.78 is 14.8. The minimum atomic E-state index is -0.312. The van der Waals surface area contributed by atoms with Crippen LogP contribution in [0, 0.1) is 5.82 Å². The smallest absolute Gasteiger partial charge is 0.155 e. The molecule has 0 spiro atoms. The second kappa shape index (κ2) is 4.36. The van der Waals surface area contributed by atoms with E-state index >= 15 is 0 Å². The Kier molecular flexibility index (Phi) is 2.70. The van der Waals surface area contributed by atoms with Gasteiger partial charge in [-0.2, -0.15) is 0 Å². The molecule has 0 bridgehead atoms. The number of anilines is 1. The summed E-state index contributed by atoms with van der Waals surface area (Å²) in [5, 5.41) is 8.07. The van der Waals surface area contributed by atoms with Crippen LogP contribution in [0.3, 0.4) is 0 Å². The van der Waals surface area contributed by atoms with Gasteiger partial charge in [0.1, 0.15) is 18.0 Å². The molecule has 5 nitrogen and oxygen atoms in total. The maximum atomic E-state index is 12.9. The van der Waals surface area contributed by atoms with Crippen molar-refractivity contribution in [2.24, 2.45) is 7.05 Å². The second-order valence-electron chi connectivity index (χ2n) is 4.49. The molecule has 6 heteroatoms. The fourth-order valence-electron chi connectivity index (χ4n) is 2.44. The molecule has 3 rings (SSSR count). The summed E-state index contributed by atoms with van der Waals surface area (Å²) in [4.78, 5) is 6.30. The van der Waals surface area contributed by atoms with Crippen LogP contribution in [0.4, 0.5) is 10.2 Å². The van der Waals surface area contributed by atoms with E-state index in [0.29, 0.717) is 0 Å². The van der Waals surface area contributed by atoms with Gasteiger partial charge in [0, 0.05) is 13.6 Å². The number of pyridine rings is 1. The van der Waals surface area contributed by atoms with Gasteiger partial charge in [0.05, 0.1) is 12.2 Å². The van der Waals surface area contributed by atoms with E-state index in [-0.39, 0.29) is 11.9 Å². The monoisotopic (exact) mass is 247 g/mol. The lowest BCUT2D eigenvalue weighted by atomic mass is 10.2. The van der Waals surface area contributed by atoms with Crippen molar-refractivity contribution in [1.82, 2.24) is 19.7 Å². The topological polar surface area (TPSA) is 46.8 Å². The highest BCUT2D eigenvalue weighted by molar-refractivity contribution is 5.41. The average molecular weight is 247 g/mol. The summed E-state index contributed by atoms with van der Waals surface area (Å²) in [5.41, 5.74) is 0. The van der Waals surface area contributed by atoms with E-state index in [4.69, 9.17) is 0 Å². The molecule has 1 aliphatic heterocycles. The lowest BCUT2D eigenvalue weighted by Crippen LogP contribution is -2.25. The number of rotatable bonds is 2. The van der Waals surface area contributed by atoms with E-state index in [0.717, 1.165) is 31.0 Å². The van der Waals surface area contributed by atoms with Gasteiger partial charge < -0.3 is 9.47 Å². The van der Waals surface area contributed by atoms with Crippen LogP contribution in [-0.4, -0.2) is 26.3 Å². The van der Waals surface area contributed by atoms with E-state index in [9.17, 15) is 4.39 Å². The summed E-state index contributed by atoms with van der Waals surface area (Å²) in [7, 11) is 1.93. The van der Waals surface area contributed by atoms with Crippen LogP contribution < -0.4 is 4.90 Å². The minimum absolute atomic E-state index is 0.176. The molecule has 0 unspecified atom stereocenters. The average Bonchev–Trinajstić information content (AvgIpc) is 2.98. The summed E-state index contributed by atoms with van der Waals surface area (Å²) >= 11 is 0. The van der Waals surface area contributed by atoms with E-state index in [2.05, 4.69) is 20.1 Å². The van der Waals surface area contributed by atoms with Gasteiger partial charge in [0.25, 0.3) is 0 Å². The first-order valence-electron chi connectivity index (χ1n) is 5.98. The quantitative estimate of drug-likeness (QED) is 0.810. The van der Waals surface area contributed by atoms with Crippen LogP contribution in [0.2, 0.25) is 0 Å². The van der Waals surface area contributed by atoms with Crippen molar-refractivity contribution in [2.45, 2.75) is 18.9 Å². The molecule has 1 saturated heterocycles. The molecule has 1 aliphatic rings. The zero-order valence-corrected chi connectivity index (χ0v) is 10.1. The standard InChI is InChI=1S/C12H14FN5/c1-17-8-15-16-12(17)10-3-2-6-18(10)11-5-4-9(13)7-14-11/h4-5,7-8,10H,2-3,6H2,1H3/t10-/m1/s1. The van der Waals surface area contributed by atoms with E-state index in [1.54, 1.807) is 12.4 Å². The third kappa shape index (κ3) is 1.83. The summed E-state index contributed by atoms with van der Waals surface area (Å²) in [6.07, 6.45) is 5.05.